The molecule has 1 atom stereocenters. The third-order valence-corrected chi connectivity index (χ3v) is 3.50. The summed E-state index contributed by atoms with van der Waals surface area (Å²) in [6, 6.07) is 1.98. The number of hydrogen-bond acceptors (Lipinski definition) is 5. The molecule has 1 N–H and O–H groups in total. The van der Waals surface area contributed by atoms with E-state index in [1.807, 2.05) is 4.90 Å². The van der Waals surface area contributed by atoms with Crippen molar-refractivity contribution in [3.05, 3.63) is 18.5 Å². The Balaban J connectivity index is 2.20. The summed E-state index contributed by atoms with van der Waals surface area (Å²) in [6.45, 7) is 6.68. The lowest BCUT2D eigenvalue weighted by Crippen LogP contribution is -2.60. The Kier molecular flexibility index (Phi) is 4.31. The molecule has 19 heavy (non-hydrogen) atoms. The van der Waals surface area contributed by atoms with E-state index in [1.165, 1.54) is 0 Å². The predicted octanol–water partition coefficient (Wildman–Crippen LogP) is 0.122. The molecule has 1 fully saturated rings. The molecule has 1 unspecified atom stereocenters. The lowest BCUT2D eigenvalue weighted by molar-refractivity contribution is -0.123. The summed E-state index contributed by atoms with van der Waals surface area (Å²) >= 11 is 0. The fourth-order valence-corrected chi connectivity index (χ4v) is 2.34. The van der Waals surface area contributed by atoms with Gasteiger partial charge in [-0.3, -0.25) is 9.69 Å². The van der Waals surface area contributed by atoms with Crippen LogP contribution in [0, 0.1) is 0 Å². The average molecular weight is 263 g/mol. The van der Waals surface area contributed by atoms with E-state index < -0.39 is 0 Å². The number of carbonyl (C=O) groups is 1. The molecule has 1 aromatic rings. The smallest absolute Gasteiger partial charge is 0.243 e. The second-order valence-electron chi connectivity index (χ2n) is 4.96. The Hall–Kier alpha value is -1.69. The average Bonchev–Trinajstić information content (AvgIpc) is 2.46. The maximum Gasteiger partial charge on any atom is 0.243 e. The third-order valence-electron chi connectivity index (χ3n) is 3.50. The van der Waals surface area contributed by atoms with Crippen LogP contribution in [0.25, 0.3) is 0 Å². The van der Waals surface area contributed by atoms with E-state index in [1.54, 1.807) is 25.5 Å². The fraction of sp³-hybridized carbons (Fsp3) is 0.615. The molecule has 0 radical (unpaired) electrons. The van der Waals surface area contributed by atoms with Crippen molar-refractivity contribution in [1.82, 2.24) is 20.2 Å². The van der Waals surface area contributed by atoms with Gasteiger partial charge in [-0.15, -0.1) is 0 Å². The second-order valence-corrected chi connectivity index (χ2v) is 4.96. The van der Waals surface area contributed by atoms with E-state index in [0.717, 1.165) is 13.1 Å². The van der Waals surface area contributed by atoms with Crippen LogP contribution in [0.2, 0.25) is 0 Å². The first-order chi connectivity index (χ1) is 9.13. The zero-order valence-corrected chi connectivity index (χ0v) is 11.7. The van der Waals surface area contributed by atoms with E-state index in [0.29, 0.717) is 18.5 Å². The van der Waals surface area contributed by atoms with Crippen LogP contribution in [-0.4, -0.2) is 59.5 Å². The molecule has 6 heteroatoms. The van der Waals surface area contributed by atoms with Crippen LogP contribution in [0.3, 0.4) is 0 Å². The molecule has 1 saturated heterocycles. The van der Waals surface area contributed by atoms with Gasteiger partial charge in [0, 0.05) is 45.1 Å². The number of anilines is 1. The number of amides is 1. The van der Waals surface area contributed by atoms with Crippen molar-refractivity contribution in [3.63, 3.8) is 0 Å². The SMILES string of the molecule is CNC(=O)C1CN(C(C)C)CCN1c1ncccn1. The van der Waals surface area contributed by atoms with Crippen molar-refractivity contribution < 1.29 is 4.79 Å². The molecule has 0 bridgehead atoms. The minimum absolute atomic E-state index is 0.0119. The fourth-order valence-electron chi connectivity index (χ4n) is 2.34. The number of rotatable bonds is 3. The lowest BCUT2D eigenvalue weighted by Gasteiger charge is -2.41. The highest BCUT2D eigenvalue weighted by Crippen LogP contribution is 2.17. The number of hydrogen-bond donors (Lipinski definition) is 1. The van der Waals surface area contributed by atoms with Crippen molar-refractivity contribution in [3.8, 4) is 0 Å². The summed E-state index contributed by atoms with van der Waals surface area (Å²) in [5.41, 5.74) is 0. The van der Waals surface area contributed by atoms with Crippen molar-refractivity contribution in [2.24, 2.45) is 0 Å². The van der Waals surface area contributed by atoms with E-state index >= 15 is 0 Å². The van der Waals surface area contributed by atoms with Gasteiger partial charge < -0.3 is 10.2 Å². The Morgan fingerprint density at radius 3 is 2.63 bits per heavy atom. The zero-order chi connectivity index (χ0) is 13.8. The predicted molar refractivity (Wildman–Crippen MR) is 73.9 cm³/mol. The van der Waals surface area contributed by atoms with Crippen molar-refractivity contribution in [1.29, 1.82) is 0 Å². The number of likely N-dealkylation sites (N-methyl/N-ethyl adjacent to an activating group) is 1. The first-order valence-electron chi connectivity index (χ1n) is 6.62. The zero-order valence-electron chi connectivity index (χ0n) is 11.7. The lowest BCUT2D eigenvalue weighted by atomic mass is 10.1. The summed E-state index contributed by atoms with van der Waals surface area (Å²) in [5, 5.41) is 2.73. The van der Waals surface area contributed by atoms with E-state index in [-0.39, 0.29) is 11.9 Å². The number of nitrogens with zero attached hydrogens (tertiary/aromatic N) is 4. The van der Waals surface area contributed by atoms with Gasteiger partial charge in [-0.2, -0.15) is 0 Å². The summed E-state index contributed by atoms with van der Waals surface area (Å²) in [4.78, 5) is 24.9. The normalized spacial score (nSPS) is 20.6. The van der Waals surface area contributed by atoms with Crippen LogP contribution in [0.15, 0.2) is 18.5 Å². The molecule has 0 saturated carbocycles. The van der Waals surface area contributed by atoms with E-state index in [4.69, 9.17) is 0 Å². The molecule has 1 aliphatic heterocycles. The van der Waals surface area contributed by atoms with Gasteiger partial charge in [-0.05, 0) is 19.9 Å². The van der Waals surface area contributed by atoms with Crippen LogP contribution in [0.4, 0.5) is 5.95 Å². The Labute approximate surface area is 113 Å². The van der Waals surface area contributed by atoms with Gasteiger partial charge >= 0.3 is 0 Å². The van der Waals surface area contributed by atoms with Crippen molar-refractivity contribution in [2.75, 3.05) is 31.6 Å². The van der Waals surface area contributed by atoms with Gasteiger partial charge in [-0.1, -0.05) is 0 Å². The number of piperazine rings is 1. The van der Waals surface area contributed by atoms with Crippen LogP contribution >= 0.6 is 0 Å². The van der Waals surface area contributed by atoms with Gasteiger partial charge in [-0.25, -0.2) is 9.97 Å². The highest BCUT2D eigenvalue weighted by Gasteiger charge is 2.34. The van der Waals surface area contributed by atoms with Crippen LogP contribution in [-0.2, 0) is 4.79 Å². The number of nitrogens with one attached hydrogen (secondary N) is 1. The summed E-state index contributed by atoms with van der Waals surface area (Å²) in [5.74, 6) is 0.636. The molecule has 1 aliphatic rings. The molecule has 0 spiro atoms. The molecule has 2 rings (SSSR count). The van der Waals surface area contributed by atoms with Gasteiger partial charge in [0.15, 0.2) is 0 Å². The summed E-state index contributed by atoms with van der Waals surface area (Å²) in [6.07, 6.45) is 3.41. The van der Waals surface area contributed by atoms with Gasteiger partial charge in [0.1, 0.15) is 6.04 Å². The highest BCUT2D eigenvalue weighted by molar-refractivity contribution is 5.85. The van der Waals surface area contributed by atoms with Crippen LogP contribution in [0.5, 0.6) is 0 Å². The Bertz CT molecular complexity index is 422. The van der Waals surface area contributed by atoms with Crippen LogP contribution < -0.4 is 10.2 Å². The van der Waals surface area contributed by atoms with Gasteiger partial charge in [0.05, 0.1) is 0 Å². The Morgan fingerprint density at radius 2 is 2.05 bits per heavy atom. The molecule has 104 valence electrons. The largest absolute Gasteiger partial charge is 0.357 e. The number of aromatic nitrogens is 2. The molecule has 1 aromatic heterocycles. The van der Waals surface area contributed by atoms with E-state index in [2.05, 4.69) is 34.0 Å². The monoisotopic (exact) mass is 263 g/mol. The molecule has 0 aliphatic carbocycles. The summed E-state index contributed by atoms with van der Waals surface area (Å²) in [7, 11) is 1.67. The molecule has 2 heterocycles. The molecule has 0 aromatic carbocycles. The quantitative estimate of drug-likeness (QED) is 0.839. The van der Waals surface area contributed by atoms with Gasteiger partial charge in [0.25, 0.3) is 0 Å². The topological polar surface area (TPSA) is 61.4 Å². The van der Waals surface area contributed by atoms with Crippen LogP contribution in [0.1, 0.15) is 13.8 Å². The maximum atomic E-state index is 12.1. The summed E-state index contributed by atoms with van der Waals surface area (Å²) < 4.78 is 0. The standard InChI is InChI=1S/C13H21N5O/c1-10(2)17-7-8-18(11(9-17)12(19)14-3)13-15-5-4-6-16-13/h4-6,10-11H,7-9H2,1-3H3,(H,14,19). The first-order valence-corrected chi connectivity index (χ1v) is 6.62. The number of carbonyl (C=O) groups excluding carboxylic acids is 1. The highest BCUT2D eigenvalue weighted by atomic mass is 16.2. The minimum Gasteiger partial charge on any atom is -0.357 e. The van der Waals surface area contributed by atoms with Gasteiger partial charge in [0.2, 0.25) is 11.9 Å². The van der Waals surface area contributed by atoms with E-state index in [9.17, 15) is 4.79 Å². The molecular formula is C13H21N5O. The molecule has 1 amide bonds. The third kappa shape index (κ3) is 3.01. The maximum absolute atomic E-state index is 12.1. The molecular weight excluding hydrogens is 242 g/mol. The minimum atomic E-state index is -0.233. The van der Waals surface area contributed by atoms with Crippen molar-refractivity contribution in [2.45, 2.75) is 25.9 Å². The Morgan fingerprint density at radius 1 is 1.37 bits per heavy atom. The molecule has 6 nitrogen and oxygen atoms in total. The second kappa shape index (κ2) is 5.97. The van der Waals surface area contributed by atoms with Crippen molar-refractivity contribution >= 4 is 11.9 Å². The first kappa shape index (κ1) is 13.7.